The summed E-state index contributed by atoms with van der Waals surface area (Å²) in [6.45, 7) is 2.19. The fourth-order valence-corrected chi connectivity index (χ4v) is 3.93. The Balaban J connectivity index is 1.43. The Bertz CT molecular complexity index is 1390. The van der Waals surface area contributed by atoms with Crippen LogP contribution < -0.4 is 15.5 Å². The van der Waals surface area contributed by atoms with Crippen molar-refractivity contribution in [3.63, 3.8) is 0 Å². The van der Waals surface area contributed by atoms with Gasteiger partial charge in [0, 0.05) is 21.4 Å². The molecule has 1 aliphatic heterocycles. The van der Waals surface area contributed by atoms with E-state index in [9.17, 15) is 19.2 Å². The van der Waals surface area contributed by atoms with Crippen LogP contribution in [0.3, 0.4) is 0 Å². The Morgan fingerprint density at radius 1 is 0.865 bits per heavy atom. The van der Waals surface area contributed by atoms with Crippen LogP contribution >= 0.6 is 27.5 Å². The number of anilines is 3. The van der Waals surface area contributed by atoms with Gasteiger partial charge in [0.25, 0.3) is 17.7 Å². The standard InChI is InChI=1S/C27H21BrClN3O5/c1-2-15-37-27(36)17-5-13-21(14-6-17)32-25(34)22(29)23(26(32)35)30-19-9-3-16(4-10-19)24(33)31-20-11-7-18(28)8-12-20/h3-14,30H,2,15H2,1H3,(H,31,33). The van der Waals surface area contributed by atoms with Gasteiger partial charge in [0.1, 0.15) is 10.7 Å². The lowest BCUT2D eigenvalue weighted by Crippen LogP contribution is -2.32. The lowest BCUT2D eigenvalue weighted by atomic mass is 10.2. The smallest absolute Gasteiger partial charge is 0.338 e. The average Bonchev–Trinajstić information content (AvgIpc) is 3.12. The number of amides is 3. The number of benzene rings is 3. The van der Waals surface area contributed by atoms with Crippen molar-refractivity contribution in [3.05, 3.63) is 99.1 Å². The van der Waals surface area contributed by atoms with Crippen LogP contribution in [0.25, 0.3) is 0 Å². The minimum atomic E-state index is -0.694. The number of nitrogens with one attached hydrogen (secondary N) is 2. The molecule has 0 unspecified atom stereocenters. The van der Waals surface area contributed by atoms with Gasteiger partial charge in [0.15, 0.2) is 0 Å². The van der Waals surface area contributed by atoms with Gasteiger partial charge in [0.2, 0.25) is 0 Å². The van der Waals surface area contributed by atoms with E-state index in [1.807, 2.05) is 19.1 Å². The number of nitrogens with zero attached hydrogens (tertiary/aromatic N) is 1. The molecule has 188 valence electrons. The SMILES string of the molecule is CCCOC(=O)c1ccc(N2C(=O)C(Cl)=C(Nc3ccc(C(=O)Nc4ccc(Br)cc4)cc3)C2=O)cc1. The van der Waals surface area contributed by atoms with E-state index >= 15 is 0 Å². The van der Waals surface area contributed by atoms with E-state index in [2.05, 4.69) is 26.6 Å². The topological polar surface area (TPSA) is 105 Å². The number of halogens is 2. The monoisotopic (exact) mass is 581 g/mol. The second-order valence-electron chi connectivity index (χ2n) is 7.98. The number of esters is 1. The minimum absolute atomic E-state index is 0.0924. The van der Waals surface area contributed by atoms with E-state index in [0.717, 1.165) is 9.37 Å². The van der Waals surface area contributed by atoms with Gasteiger partial charge in [-0.2, -0.15) is 0 Å². The molecule has 2 N–H and O–H groups in total. The summed E-state index contributed by atoms with van der Waals surface area (Å²) in [7, 11) is 0. The highest BCUT2D eigenvalue weighted by Crippen LogP contribution is 2.30. The normalized spacial score (nSPS) is 13.1. The third kappa shape index (κ3) is 5.90. The summed E-state index contributed by atoms with van der Waals surface area (Å²) in [4.78, 5) is 51.2. The van der Waals surface area contributed by atoms with Gasteiger partial charge in [-0.3, -0.25) is 14.4 Å². The molecule has 1 heterocycles. The van der Waals surface area contributed by atoms with Crippen LogP contribution in [0.5, 0.6) is 0 Å². The van der Waals surface area contributed by atoms with Gasteiger partial charge in [-0.05, 0) is 79.2 Å². The molecular weight excluding hydrogens is 562 g/mol. The Hall–Kier alpha value is -3.95. The number of ether oxygens (including phenoxy) is 1. The molecule has 4 rings (SSSR count). The molecule has 0 spiro atoms. The summed E-state index contributed by atoms with van der Waals surface area (Å²) >= 11 is 9.55. The van der Waals surface area contributed by atoms with Crippen molar-refractivity contribution < 1.29 is 23.9 Å². The Kier molecular flexibility index (Phi) is 8.05. The Labute approximate surface area is 226 Å². The van der Waals surface area contributed by atoms with Crippen LogP contribution in [0.4, 0.5) is 17.1 Å². The fourth-order valence-electron chi connectivity index (χ4n) is 3.46. The van der Waals surface area contributed by atoms with Gasteiger partial charge in [-0.15, -0.1) is 0 Å². The third-order valence-electron chi connectivity index (χ3n) is 5.34. The van der Waals surface area contributed by atoms with Crippen LogP contribution in [0.1, 0.15) is 34.1 Å². The summed E-state index contributed by atoms with van der Waals surface area (Å²) in [6, 6.07) is 19.5. The number of hydrogen-bond donors (Lipinski definition) is 2. The lowest BCUT2D eigenvalue weighted by molar-refractivity contribution is -0.120. The van der Waals surface area contributed by atoms with Gasteiger partial charge >= 0.3 is 5.97 Å². The molecule has 37 heavy (non-hydrogen) atoms. The number of carbonyl (C=O) groups excluding carboxylic acids is 4. The molecule has 0 aromatic heterocycles. The summed E-state index contributed by atoms with van der Waals surface area (Å²) in [6.07, 6.45) is 0.697. The first-order valence-electron chi connectivity index (χ1n) is 11.3. The number of carbonyl (C=O) groups is 4. The predicted octanol–water partition coefficient (Wildman–Crippen LogP) is 5.70. The molecule has 3 amide bonds. The summed E-state index contributed by atoms with van der Waals surface area (Å²) < 4.78 is 5.99. The molecule has 3 aromatic rings. The van der Waals surface area contributed by atoms with Crippen LogP contribution in [-0.4, -0.2) is 30.3 Å². The van der Waals surface area contributed by atoms with Gasteiger partial charge < -0.3 is 15.4 Å². The van der Waals surface area contributed by atoms with Gasteiger partial charge in [0.05, 0.1) is 17.9 Å². The first kappa shape index (κ1) is 26.1. The van der Waals surface area contributed by atoms with Crippen LogP contribution in [0.2, 0.25) is 0 Å². The van der Waals surface area contributed by atoms with E-state index in [1.165, 1.54) is 24.3 Å². The lowest BCUT2D eigenvalue weighted by Gasteiger charge is -2.15. The number of imide groups is 1. The summed E-state index contributed by atoms with van der Waals surface area (Å²) in [5.74, 6) is -2.12. The van der Waals surface area contributed by atoms with Gasteiger partial charge in [-0.1, -0.05) is 34.5 Å². The van der Waals surface area contributed by atoms with Crippen LogP contribution in [-0.2, 0) is 14.3 Å². The first-order chi connectivity index (χ1) is 17.8. The van der Waals surface area contributed by atoms with Crippen molar-refractivity contribution in [1.29, 1.82) is 0 Å². The fraction of sp³-hybridized carbons (Fsp3) is 0.111. The molecule has 0 saturated carbocycles. The van der Waals surface area contributed by atoms with Crippen molar-refractivity contribution in [2.24, 2.45) is 0 Å². The summed E-state index contributed by atoms with van der Waals surface area (Å²) in [5, 5.41) is 5.40. The second kappa shape index (κ2) is 11.4. The minimum Gasteiger partial charge on any atom is -0.462 e. The van der Waals surface area contributed by atoms with E-state index in [0.29, 0.717) is 35.5 Å². The van der Waals surface area contributed by atoms with Crippen molar-refractivity contribution in [2.45, 2.75) is 13.3 Å². The summed E-state index contributed by atoms with van der Waals surface area (Å²) in [5.41, 5.74) is 1.99. The van der Waals surface area contributed by atoms with Crippen molar-refractivity contribution in [2.75, 3.05) is 22.1 Å². The number of hydrogen-bond acceptors (Lipinski definition) is 6. The molecule has 0 fully saturated rings. The average molecular weight is 583 g/mol. The molecule has 3 aromatic carbocycles. The van der Waals surface area contributed by atoms with Crippen molar-refractivity contribution >= 4 is 68.3 Å². The molecule has 0 radical (unpaired) electrons. The highest BCUT2D eigenvalue weighted by atomic mass is 79.9. The van der Waals surface area contributed by atoms with E-state index in [-0.39, 0.29) is 22.3 Å². The van der Waals surface area contributed by atoms with E-state index in [4.69, 9.17) is 16.3 Å². The van der Waals surface area contributed by atoms with Crippen LogP contribution in [0.15, 0.2) is 88.0 Å². The quantitative estimate of drug-likeness (QED) is 0.261. The molecular formula is C27H21BrClN3O5. The maximum atomic E-state index is 13.0. The van der Waals surface area contributed by atoms with Crippen molar-refractivity contribution in [3.8, 4) is 0 Å². The molecule has 0 saturated heterocycles. The van der Waals surface area contributed by atoms with Crippen LogP contribution in [0, 0.1) is 0 Å². The van der Waals surface area contributed by atoms with E-state index in [1.54, 1.807) is 36.4 Å². The largest absolute Gasteiger partial charge is 0.462 e. The molecule has 10 heteroatoms. The molecule has 0 aliphatic carbocycles. The molecule has 0 bridgehead atoms. The number of rotatable bonds is 8. The zero-order valence-corrected chi connectivity index (χ0v) is 21.9. The zero-order valence-electron chi connectivity index (χ0n) is 19.6. The zero-order chi connectivity index (χ0) is 26.5. The Morgan fingerprint density at radius 3 is 2.08 bits per heavy atom. The van der Waals surface area contributed by atoms with E-state index < -0.39 is 17.8 Å². The van der Waals surface area contributed by atoms with Crippen molar-refractivity contribution in [1.82, 2.24) is 0 Å². The highest BCUT2D eigenvalue weighted by molar-refractivity contribution is 9.10. The predicted molar refractivity (Wildman–Crippen MR) is 145 cm³/mol. The second-order valence-corrected chi connectivity index (χ2v) is 9.27. The van der Waals surface area contributed by atoms with Gasteiger partial charge in [-0.25, -0.2) is 9.69 Å². The third-order valence-corrected chi connectivity index (χ3v) is 6.22. The highest BCUT2D eigenvalue weighted by Gasteiger charge is 2.39. The molecule has 1 aliphatic rings. The first-order valence-corrected chi connectivity index (χ1v) is 12.5. The Morgan fingerprint density at radius 2 is 1.46 bits per heavy atom. The maximum Gasteiger partial charge on any atom is 0.338 e. The molecule has 0 atom stereocenters. The molecule has 8 nitrogen and oxygen atoms in total. The maximum absolute atomic E-state index is 13.0.